The number of rotatable bonds is 3. The Hall–Kier alpha value is -1.53. The Labute approximate surface area is 103 Å². The Kier molecular flexibility index (Phi) is 3.88. The van der Waals surface area contributed by atoms with E-state index in [-0.39, 0.29) is 5.56 Å². The van der Waals surface area contributed by atoms with Crippen LogP contribution < -0.4 is 5.32 Å². The van der Waals surface area contributed by atoms with Crippen molar-refractivity contribution in [2.45, 2.75) is 6.54 Å². The highest BCUT2D eigenvalue weighted by molar-refractivity contribution is 5.87. The van der Waals surface area contributed by atoms with Gasteiger partial charge in [-0.3, -0.25) is 4.90 Å². The number of carboxylic acids is 1. The van der Waals surface area contributed by atoms with Gasteiger partial charge in [0.2, 0.25) is 0 Å². The van der Waals surface area contributed by atoms with Crippen LogP contribution in [0, 0.1) is 11.6 Å². The summed E-state index contributed by atoms with van der Waals surface area (Å²) < 4.78 is 27.1. The number of aromatic carboxylic acids is 1. The quantitative estimate of drug-likeness (QED) is 0.849. The van der Waals surface area contributed by atoms with Gasteiger partial charge in [-0.1, -0.05) is 0 Å². The Bertz CT molecular complexity index is 460. The molecule has 0 radical (unpaired) electrons. The first-order chi connectivity index (χ1) is 8.58. The maximum absolute atomic E-state index is 13.7. The second kappa shape index (κ2) is 5.41. The van der Waals surface area contributed by atoms with Crippen LogP contribution >= 0.6 is 0 Å². The van der Waals surface area contributed by atoms with Crippen molar-refractivity contribution in [3.05, 3.63) is 34.9 Å². The summed E-state index contributed by atoms with van der Waals surface area (Å²) in [4.78, 5) is 12.6. The van der Waals surface area contributed by atoms with Crippen molar-refractivity contribution in [1.82, 2.24) is 10.2 Å². The molecule has 1 fully saturated rings. The molecule has 2 N–H and O–H groups in total. The zero-order valence-corrected chi connectivity index (χ0v) is 9.75. The monoisotopic (exact) mass is 256 g/mol. The first kappa shape index (κ1) is 12.9. The summed E-state index contributed by atoms with van der Waals surface area (Å²) in [5, 5.41) is 11.8. The largest absolute Gasteiger partial charge is 0.478 e. The summed E-state index contributed by atoms with van der Waals surface area (Å²) in [6.45, 7) is 3.46. The van der Waals surface area contributed by atoms with Gasteiger partial charge >= 0.3 is 5.97 Å². The fourth-order valence-electron chi connectivity index (χ4n) is 1.98. The molecule has 1 aromatic carbocycles. The van der Waals surface area contributed by atoms with Crippen LogP contribution in [0.4, 0.5) is 8.78 Å². The predicted molar refractivity (Wildman–Crippen MR) is 61.5 cm³/mol. The highest BCUT2D eigenvalue weighted by Gasteiger charge is 2.17. The number of nitrogens with one attached hydrogen (secondary N) is 1. The van der Waals surface area contributed by atoms with Gasteiger partial charge in [0.05, 0.1) is 5.56 Å². The predicted octanol–water partition coefficient (Wildman–Crippen LogP) is 1.07. The summed E-state index contributed by atoms with van der Waals surface area (Å²) in [5.41, 5.74) is -0.434. The van der Waals surface area contributed by atoms with Gasteiger partial charge in [-0.25, -0.2) is 13.6 Å². The van der Waals surface area contributed by atoms with Crippen molar-refractivity contribution in [2.75, 3.05) is 26.2 Å². The molecule has 1 aliphatic rings. The summed E-state index contributed by atoms with van der Waals surface area (Å²) in [5.74, 6) is -3.03. The van der Waals surface area contributed by atoms with Gasteiger partial charge in [-0.2, -0.15) is 0 Å². The van der Waals surface area contributed by atoms with Gasteiger partial charge in [0.1, 0.15) is 11.6 Å². The minimum absolute atomic E-state index is 0.194. The number of carboxylic acid groups (broad SMARTS) is 1. The van der Waals surface area contributed by atoms with E-state index >= 15 is 0 Å². The highest BCUT2D eigenvalue weighted by atomic mass is 19.1. The van der Waals surface area contributed by atoms with Crippen molar-refractivity contribution in [2.24, 2.45) is 0 Å². The van der Waals surface area contributed by atoms with Crippen molar-refractivity contribution in [3.63, 3.8) is 0 Å². The van der Waals surface area contributed by atoms with E-state index in [1.165, 1.54) is 0 Å². The topological polar surface area (TPSA) is 52.6 Å². The minimum Gasteiger partial charge on any atom is -0.478 e. The lowest BCUT2D eigenvalue weighted by Crippen LogP contribution is -2.43. The van der Waals surface area contributed by atoms with Gasteiger partial charge in [0.15, 0.2) is 0 Å². The molecule has 0 atom stereocenters. The molecule has 18 heavy (non-hydrogen) atoms. The van der Waals surface area contributed by atoms with E-state index in [1.54, 1.807) is 0 Å². The smallest absolute Gasteiger partial charge is 0.338 e. The Morgan fingerprint density at radius 1 is 1.28 bits per heavy atom. The number of nitrogens with zero attached hydrogens (tertiary/aromatic N) is 1. The van der Waals surface area contributed by atoms with E-state index in [0.717, 1.165) is 38.3 Å². The summed E-state index contributed by atoms with van der Waals surface area (Å²) >= 11 is 0. The van der Waals surface area contributed by atoms with Crippen molar-refractivity contribution in [3.8, 4) is 0 Å². The number of piperazine rings is 1. The Balaban J connectivity index is 2.18. The van der Waals surface area contributed by atoms with Gasteiger partial charge < -0.3 is 10.4 Å². The molecule has 4 nitrogen and oxygen atoms in total. The molecular formula is C12H14F2N2O2. The third kappa shape index (κ3) is 2.83. The zero-order valence-electron chi connectivity index (χ0n) is 9.75. The molecule has 98 valence electrons. The van der Waals surface area contributed by atoms with E-state index in [9.17, 15) is 13.6 Å². The maximum Gasteiger partial charge on any atom is 0.338 e. The van der Waals surface area contributed by atoms with Crippen molar-refractivity contribution in [1.29, 1.82) is 0 Å². The van der Waals surface area contributed by atoms with E-state index in [1.807, 2.05) is 4.90 Å². The molecule has 2 rings (SSSR count). The van der Waals surface area contributed by atoms with E-state index in [0.29, 0.717) is 6.54 Å². The van der Waals surface area contributed by atoms with Crippen LogP contribution in [-0.2, 0) is 6.54 Å². The number of halogens is 2. The van der Waals surface area contributed by atoms with E-state index in [2.05, 4.69) is 5.32 Å². The molecule has 1 heterocycles. The fourth-order valence-corrected chi connectivity index (χ4v) is 1.98. The second-order valence-corrected chi connectivity index (χ2v) is 4.25. The molecule has 1 aliphatic heterocycles. The average molecular weight is 256 g/mol. The van der Waals surface area contributed by atoms with Crippen LogP contribution in [0.1, 0.15) is 15.9 Å². The summed E-state index contributed by atoms with van der Waals surface area (Å²) in [7, 11) is 0. The molecule has 0 amide bonds. The molecule has 0 bridgehead atoms. The highest BCUT2D eigenvalue weighted by Crippen LogP contribution is 2.17. The molecule has 0 aliphatic carbocycles. The van der Waals surface area contributed by atoms with Gasteiger partial charge in [0, 0.05) is 38.3 Å². The van der Waals surface area contributed by atoms with Crippen LogP contribution in [-0.4, -0.2) is 42.2 Å². The van der Waals surface area contributed by atoms with Crippen LogP contribution in [0.5, 0.6) is 0 Å². The van der Waals surface area contributed by atoms with Gasteiger partial charge in [-0.15, -0.1) is 0 Å². The average Bonchev–Trinajstić information content (AvgIpc) is 2.34. The van der Waals surface area contributed by atoms with Crippen LogP contribution in [0.3, 0.4) is 0 Å². The third-order valence-electron chi connectivity index (χ3n) is 2.97. The van der Waals surface area contributed by atoms with Crippen LogP contribution in [0.15, 0.2) is 12.1 Å². The standard InChI is InChI=1S/C12H14F2N2O2/c13-10-6-9(12(17)18)11(14)5-8(10)7-16-3-1-15-2-4-16/h5-6,15H,1-4,7H2,(H,17,18). The first-order valence-corrected chi connectivity index (χ1v) is 5.72. The normalized spacial score (nSPS) is 16.8. The van der Waals surface area contributed by atoms with Crippen LogP contribution in [0.2, 0.25) is 0 Å². The van der Waals surface area contributed by atoms with Crippen molar-refractivity contribution >= 4 is 5.97 Å². The number of hydrogen-bond acceptors (Lipinski definition) is 3. The molecule has 1 saturated heterocycles. The molecule has 0 saturated carbocycles. The SMILES string of the molecule is O=C(O)c1cc(F)c(CN2CCNCC2)cc1F. The summed E-state index contributed by atoms with van der Waals surface area (Å²) in [6, 6.07) is 1.72. The first-order valence-electron chi connectivity index (χ1n) is 5.72. The summed E-state index contributed by atoms with van der Waals surface area (Å²) in [6.07, 6.45) is 0. The molecule has 1 aromatic rings. The third-order valence-corrected chi connectivity index (χ3v) is 2.97. The second-order valence-electron chi connectivity index (χ2n) is 4.25. The number of carbonyl (C=O) groups is 1. The van der Waals surface area contributed by atoms with Gasteiger partial charge in [-0.05, 0) is 12.1 Å². The molecule has 0 spiro atoms. The fraction of sp³-hybridized carbons (Fsp3) is 0.417. The number of hydrogen-bond donors (Lipinski definition) is 2. The van der Waals surface area contributed by atoms with Crippen LogP contribution in [0.25, 0.3) is 0 Å². The molecule has 0 unspecified atom stereocenters. The van der Waals surface area contributed by atoms with E-state index in [4.69, 9.17) is 5.11 Å². The minimum atomic E-state index is -1.46. The molecular weight excluding hydrogens is 242 g/mol. The van der Waals surface area contributed by atoms with E-state index < -0.39 is 23.2 Å². The van der Waals surface area contributed by atoms with Gasteiger partial charge in [0.25, 0.3) is 0 Å². The zero-order chi connectivity index (χ0) is 13.1. The lowest BCUT2D eigenvalue weighted by atomic mass is 10.1. The maximum atomic E-state index is 13.7. The lowest BCUT2D eigenvalue weighted by Gasteiger charge is -2.27. The number of benzene rings is 1. The van der Waals surface area contributed by atoms with Crippen molar-refractivity contribution < 1.29 is 18.7 Å². The Morgan fingerprint density at radius 2 is 1.94 bits per heavy atom. The molecule has 0 aromatic heterocycles. The molecule has 6 heteroatoms. The Morgan fingerprint density at radius 3 is 2.56 bits per heavy atom. The lowest BCUT2D eigenvalue weighted by molar-refractivity contribution is 0.0691.